The Morgan fingerprint density at radius 1 is 1.25 bits per heavy atom. The number of nitrogens with one attached hydrogen (secondary N) is 2. The van der Waals surface area contributed by atoms with Crippen molar-refractivity contribution in [3.63, 3.8) is 0 Å². The fourth-order valence-electron chi connectivity index (χ4n) is 2.15. The van der Waals surface area contributed by atoms with Crippen molar-refractivity contribution in [3.05, 3.63) is 29.3 Å². The molecule has 2 N–H and O–H groups in total. The quantitative estimate of drug-likeness (QED) is 0.783. The van der Waals surface area contributed by atoms with E-state index in [-0.39, 0.29) is 6.61 Å². The predicted molar refractivity (Wildman–Crippen MR) is 94.2 cm³/mol. The molecule has 0 aliphatic rings. The molecule has 0 spiro atoms. The highest BCUT2D eigenvalue weighted by molar-refractivity contribution is 5.93. The van der Waals surface area contributed by atoms with Crippen LogP contribution in [0.1, 0.15) is 38.8 Å². The van der Waals surface area contributed by atoms with Gasteiger partial charge in [-0.25, -0.2) is 9.59 Å². The Balaban J connectivity index is 2.80. The third kappa shape index (κ3) is 6.20. The molecule has 1 aromatic rings. The standard InChI is InChI=1S/C18H28N2O4/c1-7-13-10-8-9-12(2)15(13)20-17(22)19-14(16(21)23-6)11-24-18(3,4)5/h8-10,14H,7,11H2,1-6H3,(H2,19,20,22). The van der Waals surface area contributed by atoms with Crippen molar-refractivity contribution in [3.8, 4) is 0 Å². The van der Waals surface area contributed by atoms with Crippen LogP contribution in [0.25, 0.3) is 0 Å². The smallest absolute Gasteiger partial charge is 0.330 e. The molecule has 1 unspecified atom stereocenters. The molecule has 0 saturated carbocycles. The summed E-state index contributed by atoms with van der Waals surface area (Å²) < 4.78 is 10.3. The molecule has 24 heavy (non-hydrogen) atoms. The van der Waals surface area contributed by atoms with E-state index in [2.05, 4.69) is 10.6 Å². The van der Waals surface area contributed by atoms with Gasteiger partial charge in [-0.1, -0.05) is 25.1 Å². The summed E-state index contributed by atoms with van der Waals surface area (Å²) in [5, 5.41) is 5.44. The largest absolute Gasteiger partial charge is 0.467 e. The summed E-state index contributed by atoms with van der Waals surface area (Å²) in [5.41, 5.74) is 2.34. The van der Waals surface area contributed by atoms with Gasteiger partial charge in [0.1, 0.15) is 0 Å². The SMILES string of the molecule is CCc1cccc(C)c1NC(=O)NC(COC(C)(C)C)C(=O)OC. The van der Waals surface area contributed by atoms with Crippen LogP contribution in [0, 0.1) is 6.92 Å². The number of carbonyl (C=O) groups is 2. The zero-order valence-electron chi connectivity index (χ0n) is 15.4. The molecule has 0 radical (unpaired) electrons. The normalized spacial score (nSPS) is 12.4. The fourth-order valence-corrected chi connectivity index (χ4v) is 2.15. The molecule has 1 aromatic carbocycles. The summed E-state index contributed by atoms with van der Waals surface area (Å²) in [6, 6.07) is 4.50. The Bertz CT molecular complexity index is 579. The highest BCUT2D eigenvalue weighted by Crippen LogP contribution is 2.20. The number of rotatable bonds is 6. The summed E-state index contributed by atoms with van der Waals surface area (Å²) in [6.07, 6.45) is 0.796. The molecule has 0 aliphatic heterocycles. The molecular weight excluding hydrogens is 308 g/mol. The average molecular weight is 336 g/mol. The number of methoxy groups -OCH3 is 1. The van der Waals surface area contributed by atoms with Crippen LogP contribution >= 0.6 is 0 Å². The molecule has 0 bridgehead atoms. The van der Waals surface area contributed by atoms with Crippen LogP contribution in [-0.2, 0) is 20.7 Å². The van der Waals surface area contributed by atoms with Gasteiger partial charge in [-0.2, -0.15) is 0 Å². The lowest BCUT2D eigenvalue weighted by molar-refractivity contribution is -0.145. The van der Waals surface area contributed by atoms with Crippen molar-refractivity contribution in [1.82, 2.24) is 5.32 Å². The highest BCUT2D eigenvalue weighted by Gasteiger charge is 2.25. The summed E-state index contributed by atoms with van der Waals surface area (Å²) in [5.74, 6) is -0.546. The van der Waals surface area contributed by atoms with Crippen LogP contribution in [0.15, 0.2) is 18.2 Å². The van der Waals surface area contributed by atoms with Crippen molar-refractivity contribution in [2.75, 3.05) is 19.0 Å². The predicted octanol–water partition coefficient (Wildman–Crippen LogP) is 3.04. The molecule has 6 heteroatoms. The molecule has 0 aromatic heterocycles. The first-order chi connectivity index (χ1) is 11.2. The van der Waals surface area contributed by atoms with Crippen LogP contribution in [0.5, 0.6) is 0 Å². The van der Waals surface area contributed by atoms with E-state index in [0.717, 1.165) is 23.2 Å². The van der Waals surface area contributed by atoms with E-state index in [1.807, 2.05) is 52.8 Å². The van der Waals surface area contributed by atoms with E-state index in [9.17, 15) is 9.59 Å². The van der Waals surface area contributed by atoms with Crippen molar-refractivity contribution < 1.29 is 19.1 Å². The number of hydrogen-bond donors (Lipinski definition) is 2. The fraction of sp³-hybridized carbons (Fsp3) is 0.556. The summed E-state index contributed by atoms with van der Waals surface area (Å²) in [6.45, 7) is 9.62. The van der Waals surface area contributed by atoms with Gasteiger partial charge in [-0.15, -0.1) is 0 Å². The third-order valence-electron chi connectivity index (χ3n) is 3.45. The zero-order valence-corrected chi connectivity index (χ0v) is 15.4. The topological polar surface area (TPSA) is 76.7 Å². The van der Waals surface area contributed by atoms with Crippen LogP contribution in [0.3, 0.4) is 0 Å². The van der Waals surface area contributed by atoms with Gasteiger partial charge in [0.2, 0.25) is 0 Å². The van der Waals surface area contributed by atoms with Gasteiger partial charge in [0, 0.05) is 5.69 Å². The number of amides is 2. The van der Waals surface area contributed by atoms with E-state index in [0.29, 0.717) is 0 Å². The second-order valence-electron chi connectivity index (χ2n) is 6.56. The maximum absolute atomic E-state index is 12.3. The Morgan fingerprint density at radius 2 is 1.92 bits per heavy atom. The monoisotopic (exact) mass is 336 g/mol. The van der Waals surface area contributed by atoms with E-state index < -0.39 is 23.6 Å². The van der Waals surface area contributed by atoms with Crippen molar-refractivity contribution in [2.45, 2.75) is 52.7 Å². The minimum atomic E-state index is -0.872. The van der Waals surface area contributed by atoms with Crippen molar-refractivity contribution in [1.29, 1.82) is 0 Å². The molecule has 1 atom stereocenters. The lowest BCUT2D eigenvalue weighted by atomic mass is 10.1. The first-order valence-electron chi connectivity index (χ1n) is 8.05. The number of benzene rings is 1. The van der Waals surface area contributed by atoms with Crippen LogP contribution in [-0.4, -0.2) is 37.4 Å². The number of aryl methyl sites for hydroxylation is 2. The van der Waals surface area contributed by atoms with E-state index in [4.69, 9.17) is 9.47 Å². The molecule has 0 aliphatic carbocycles. The Kier molecular flexibility index (Phi) is 7.22. The Labute approximate surface area is 143 Å². The lowest BCUT2D eigenvalue weighted by Gasteiger charge is -2.24. The minimum Gasteiger partial charge on any atom is -0.467 e. The molecule has 0 heterocycles. The molecular formula is C18H28N2O4. The summed E-state index contributed by atoms with van der Waals surface area (Å²) in [7, 11) is 1.28. The number of esters is 1. The highest BCUT2D eigenvalue weighted by atomic mass is 16.5. The zero-order chi connectivity index (χ0) is 18.3. The van der Waals surface area contributed by atoms with Gasteiger partial charge in [0.25, 0.3) is 0 Å². The second kappa shape index (κ2) is 8.68. The molecule has 6 nitrogen and oxygen atoms in total. The number of carbonyl (C=O) groups excluding carboxylic acids is 2. The second-order valence-corrected chi connectivity index (χ2v) is 6.56. The van der Waals surface area contributed by atoms with Gasteiger partial charge in [0.05, 0.1) is 19.3 Å². The lowest BCUT2D eigenvalue weighted by Crippen LogP contribution is -2.47. The number of urea groups is 1. The van der Waals surface area contributed by atoms with E-state index in [1.54, 1.807) is 0 Å². The van der Waals surface area contributed by atoms with Crippen LogP contribution < -0.4 is 10.6 Å². The molecule has 2 amide bonds. The van der Waals surface area contributed by atoms with Gasteiger partial charge >= 0.3 is 12.0 Å². The number of para-hydroxylation sites is 1. The van der Waals surface area contributed by atoms with Gasteiger partial charge in [-0.3, -0.25) is 0 Å². The Morgan fingerprint density at radius 3 is 2.46 bits per heavy atom. The van der Waals surface area contributed by atoms with Gasteiger partial charge in [0.15, 0.2) is 6.04 Å². The summed E-state index contributed by atoms with van der Waals surface area (Å²) in [4.78, 5) is 24.2. The number of ether oxygens (including phenoxy) is 2. The molecule has 0 saturated heterocycles. The molecule has 0 fully saturated rings. The van der Waals surface area contributed by atoms with E-state index >= 15 is 0 Å². The first-order valence-corrected chi connectivity index (χ1v) is 8.05. The van der Waals surface area contributed by atoms with Crippen LogP contribution in [0.2, 0.25) is 0 Å². The van der Waals surface area contributed by atoms with Crippen LogP contribution in [0.4, 0.5) is 10.5 Å². The average Bonchev–Trinajstić information content (AvgIpc) is 2.51. The summed E-state index contributed by atoms with van der Waals surface area (Å²) >= 11 is 0. The minimum absolute atomic E-state index is 0.0397. The maximum atomic E-state index is 12.3. The first kappa shape index (κ1) is 20.0. The number of anilines is 1. The third-order valence-corrected chi connectivity index (χ3v) is 3.45. The Hall–Kier alpha value is -2.08. The van der Waals surface area contributed by atoms with Gasteiger partial charge < -0.3 is 20.1 Å². The van der Waals surface area contributed by atoms with Gasteiger partial charge in [-0.05, 0) is 45.2 Å². The molecule has 134 valence electrons. The number of hydrogen-bond acceptors (Lipinski definition) is 4. The van der Waals surface area contributed by atoms with E-state index in [1.165, 1.54) is 7.11 Å². The maximum Gasteiger partial charge on any atom is 0.330 e. The van der Waals surface area contributed by atoms with Crippen molar-refractivity contribution in [2.24, 2.45) is 0 Å². The molecule has 1 rings (SSSR count). The van der Waals surface area contributed by atoms with Crippen molar-refractivity contribution >= 4 is 17.7 Å².